The number of hydrogen-bond donors (Lipinski definition) is 2. The van der Waals surface area contributed by atoms with E-state index in [9.17, 15) is 5.11 Å². The van der Waals surface area contributed by atoms with Gasteiger partial charge in [0.25, 0.3) is 0 Å². The number of quaternary nitrogens is 1. The van der Waals surface area contributed by atoms with Crippen molar-refractivity contribution in [1.82, 2.24) is 0 Å². The normalized spacial score (nSPS) is 18.8. The Balaban J connectivity index is 1.91. The van der Waals surface area contributed by atoms with Gasteiger partial charge in [0.15, 0.2) is 0 Å². The first-order chi connectivity index (χ1) is 10.8. The quantitative estimate of drug-likeness (QED) is 0.889. The minimum atomic E-state index is -0.507. The molecule has 0 radical (unpaired) electrons. The lowest BCUT2D eigenvalue weighted by molar-refractivity contribution is -0.941. The van der Waals surface area contributed by atoms with E-state index in [0.717, 1.165) is 18.7 Å². The third-order valence-corrected chi connectivity index (χ3v) is 4.87. The fraction of sp³-hybridized carbons (Fsp3) is 0.368. The van der Waals surface area contributed by atoms with Crippen LogP contribution in [-0.2, 0) is 0 Å². The Hall–Kier alpha value is -1.35. The van der Waals surface area contributed by atoms with Crippen LogP contribution in [0.15, 0.2) is 54.6 Å². The van der Waals surface area contributed by atoms with Gasteiger partial charge in [0.2, 0.25) is 0 Å². The summed E-state index contributed by atoms with van der Waals surface area (Å²) in [7, 11) is 0. The molecule has 1 heterocycles. The van der Waals surface area contributed by atoms with Crippen LogP contribution in [0.1, 0.15) is 42.5 Å². The first-order valence-electron chi connectivity index (χ1n) is 8.09. The number of nitrogens with one attached hydrogen (secondary N) is 1. The molecule has 0 bridgehead atoms. The van der Waals surface area contributed by atoms with E-state index in [1.807, 2.05) is 30.3 Å². The van der Waals surface area contributed by atoms with Crippen LogP contribution in [0.25, 0.3) is 0 Å². The highest BCUT2D eigenvalue weighted by Gasteiger charge is 2.33. The zero-order valence-corrected chi connectivity index (χ0v) is 13.5. The molecule has 2 atom stereocenters. The van der Waals surface area contributed by atoms with E-state index in [1.54, 1.807) is 0 Å². The van der Waals surface area contributed by atoms with Crippen molar-refractivity contribution >= 4 is 11.6 Å². The highest BCUT2D eigenvalue weighted by molar-refractivity contribution is 6.30. The van der Waals surface area contributed by atoms with Crippen molar-refractivity contribution in [3.63, 3.8) is 0 Å². The molecule has 0 amide bonds. The van der Waals surface area contributed by atoms with E-state index in [4.69, 9.17) is 11.6 Å². The van der Waals surface area contributed by atoms with Crippen molar-refractivity contribution in [2.75, 3.05) is 13.1 Å². The summed E-state index contributed by atoms with van der Waals surface area (Å²) in [6.07, 6.45) is 3.29. The summed E-state index contributed by atoms with van der Waals surface area (Å²) < 4.78 is 0. The Morgan fingerprint density at radius 1 is 0.818 bits per heavy atom. The Labute approximate surface area is 137 Å². The second-order valence-corrected chi connectivity index (χ2v) is 6.54. The van der Waals surface area contributed by atoms with Gasteiger partial charge in [0, 0.05) is 10.6 Å². The van der Waals surface area contributed by atoms with Crippen molar-refractivity contribution in [2.45, 2.75) is 31.4 Å². The second kappa shape index (κ2) is 7.28. The fourth-order valence-electron chi connectivity index (χ4n) is 3.47. The summed E-state index contributed by atoms with van der Waals surface area (Å²) in [6, 6.07) is 18.1. The van der Waals surface area contributed by atoms with E-state index < -0.39 is 6.10 Å². The molecule has 22 heavy (non-hydrogen) atoms. The average molecular weight is 317 g/mol. The molecule has 3 heteroatoms. The molecule has 0 unspecified atom stereocenters. The number of aliphatic hydroxyl groups excluding tert-OH is 1. The Morgan fingerprint density at radius 2 is 1.45 bits per heavy atom. The zero-order chi connectivity index (χ0) is 15.4. The fourth-order valence-corrected chi connectivity index (χ4v) is 3.60. The molecule has 1 saturated heterocycles. The third kappa shape index (κ3) is 3.52. The van der Waals surface area contributed by atoms with Crippen molar-refractivity contribution in [3.05, 3.63) is 70.7 Å². The topological polar surface area (TPSA) is 24.7 Å². The number of halogens is 1. The summed E-state index contributed by atoms with van der Waals surface area (Å²) in [5.41, 5.74) is 2.15. The molecule has 1 aliphatic heterocycles. The molecule has 116 valence electrons. The maximum Gasteiger partial charge on any atom is 0.144 e. The molecule has 2 N–H and O–H groups in total. The number of benzene rings is 2. The molecular weight excluding hydrogens is 294 g/mol. The number of likely N-dealkylation sites (tertiary alicyclic amines) is 1. The van der Waals surface area contributed by atoms with Gasteiger partial charge in [-0.05, 0) is 37.0 Å². The van der Waals surface area contributed by atoms with Crippen LogP contribution in [0, 0.1) is 0 Å². The van der Waals surface area contributed by atoms with Gasteiger partial charge in [-0.25, -0.2) is 0 Å². The summed E-state index contributed by atoms with van der Waals surface area (Å²) in [5.74, 6) is 0. The molecule has 0 aromatic heterocycles. The Morgan fingerprint density at radius 3 is 2.09 bits per heavy atom. The molecule has 0 aliphatic carbocycles. The monoisotopic (exact) mass is 316 g/mol. The van der Waals surface area contributed by atoms with Gasteiger partial charge in [-0.3, -0.25) is 0 Å². The molecule has 0 spiro atoms. The third-order valence-electron chi connectivity index (χ3n) is 4.62. The lowest BCUT2D eigenvalue weighted by Crippen LogP contribution is -3.13. The maximum atomic E-state index is 11.0. The van der Waals surface area contributed by atoms with E-state index in [0.29, 0.717) is 5.02 Å². The van der Waals surface area contributed by atoms with Crippen molar-refractivity contribution in [1.29, 1.82) is 0 Å². The maximum absolute atomic E-state index is 11.0. The van der Waals surface area contributed by atoms with Crippen molar-refractivity contribution in [2.24, 2.45) is 0 Å². The highest BCUT2D eigenvalue weighted by Crippen LogP contribution is 2.28. The molecule has 1 aliphatic rings. The number of hydrogen-bond acceptors (Lipinski definition) is 1. The Kier molecular flexibility index (Phi) is 5.14. The molecule has 1 fully saturated rings. The van der Waals surface area contributed by atoms with E-state index in [1.165, 1.54) is 29.7 Å². The predicted molar refractivity (Wildman–Crippen MR) is 90.1 cm³/mol. The minimum Gasteiger partial charge on any atom is -0.382 e. The van der Waals surface area contributed by atoms with Crippen LogP contribution in [0.2, 0.25) is 5.02 Å². The summed E-state index contributed by atoms with van der Waals surface area (Å²) in [4.78, 5) is 1.49. The summed E-state index contributed by atoms with van der Waals surface area (Å²) in [5, 5.41) is 11.7. The molecule has 0 saturated carbocycles. The number of aliphatic hydroxyl groups is 1. The molecule has 2 nitrogen and oxygen atoms in total. The van der Waals surface area contributed by atoms with Gasteiger partial charge in [-0.1, -0.05) is 54.1 Å². The van der Waals surface area contributed by atoms with Gasteiger partial charge in [0.05, 0.1) is 13.1 Å². The van der Waals surface area contributed by atoms with Crippen LogP contribution in [0.5, 0.6) is 0 Å². The minimum absolute atomic E-state index is 0.0858. The average Bonchev–Trinajstić information content (AvgIpc) is 2.57. The van der Waals surface area contributed by atoms with Gasteiger partial charge >= 0.3 is 0 Å². The van der Waals surface area contributed by atoms with Gasteiger partial charge in [-0.15, -0.1) is 0 Å². The van der Waals surface area contributed by atoms with Gasteiger partial charge < -0.3 is 10.0 Å². The number of piperidine rings is 1. The van der Waals surface area contributed by atoms with E-state index >= 15 is 0 Å². The van der Waals surface area contributed by atoms with Crippen molar-refractivity contribution in [3.8, 4) is 0 Å². The molecule has 2 aromatic carbocycles. The van der Waals surface area contributed by atoms with E-state index in [-0.39, 0.29) is 6.04 Å². The van der Waals surface area contributed by atoms with E-state index in [2.05, 4.69) is 24.3 Å². The Bertz CT molecular complexity index is 578. The van der Waals surface area contributed by atoms with Crippen LogP contribution < -0.4 is 4.90 Å². The standard InChI is InChI=1S/C19H22ClNO/c20-17-11-9-16(10-12-17)19(22)18(15-7-3-1-4-8-15)21-13-5-2-6-14-21/h1,3-4,7-12,18-19,22H,2,5-6,13-14H2/p+1/t18-,19+/m0/s1. The van der Waals surface area contributed by atoms with Gasteiger partial charge in [0.1, 0.15) is 12.1 Å². The molecule has 3 rings (SSSR count). The smallest absolute Gasteiger partial charge is 0.144 e. The molecular formula is C19H23ClNO+. The van der Waals surface area contributed by atoms with Crippen LogP contribution in [-0.4, -0.2) is 18.2 Å². The summed E-state index contributed by atoms with van der Waals surface area (Å²) in [6.45, 7) is 2.26. The first kappa shape index (κ1) is 15.5. The van der Waals surface area contributed by atoms with Gasteiger partial charge in [-0.2, -0.15) is 0 Å². The van der Waals surface area contributed by atoms with Crippen LogP contribution >= 0.6 is 11.6 Å². The first-order valence-corrected chi connectivity index (χ1v) is 8.46. The second-order valence-electron chi connectivity index (χ2n) is 6.10. The lowest BCUT2D eigenvalue weighted by Gasteiger charge is -2.34. The summed E-state index contributed by atoms with van der Waals surface area (Å²) >= 11 is 5.97. The lowest BCUT2D eigenvalue weighted by atomic mass is 9.93. The van der Waals surface area contributed by atoms with Crippen LogP contribution in [0.4, 0.5) is 0 Å². The highest BCUT2D eigenvalue weighted by atomic mass is 35.5. The predicted octanol–water partition coefficient (Wildman–Crippen LogP) is 3.18. The molecule has 2 aromatic rings. The SMILES string of the molecule is O[C@H](c1ccc(Cl)cc1)[C@H](c1ccccc1)[NH+]1CCCCC1. The van der Waals surface area contributed by atoms with Crippen molar-refractivity contribution < 1.29 is 10.0 Å². The number of rotatable bonds is 4. The zero-order valence-electron chi connectivity index (χ0n) is 12.7. The van der Waals surface area contributed by atoms with Crippen LogP contribution in [0.3, 0.4) is 0 Å². The largest absolute Gasteiger partial charge is 0.382 e.